The average molecular weight is 413 g/mol. The van der Waals surface area contributed by atoms with Gasteiger partial charge in [0.05, 0.1) is 12.3 Å². The number of H-pyrrole nitrogens is 1. The molecule has 1 aliphatic rings. The highest BCUT2D eigenvalue weighted by atomic mass is 32.1. The van der Waals surface area contributed by atoms with Crippen LogP contribution >= 0.6 is 11.3 Å². The van der Waals surface area contributed by atoms with Crippen LogP contribution in [0.3, 0.4) is 0 Å². The number of unbranched alkanes of at least 4 members (excludes halogenated alkanes) is 1. The van der Waals surface area contributed by atoms with Gasteiger partial charge in [-0.15, -0.1) is 11.3 Å². The second-order valence-electron chi connectivity index (χ2n) is 7.40. The fourth-order valence-electron chi connectivity index (χ4n) is 3.45. The lowest BCUT2D eigenvalue weighted by molar-refractivity contribution is -0.0352. The van der Waals surface area contributed by atoms with E-state index in [1.54, 1.807) is 11.3 Å². The molecule has 4 heterocycles. The number of aromatic amines is 1. The van der Waals surface area contributed by atoms with Crippen LogP contribution < -0.4 is 5.32 Å². The number of pyridine rings is 1. The van der Waals surface area contributed by atoms with Crippen LogP contribution in [0.1, 0.15) is 48.0 Å². The molecule has 29 heavy (non-hydrogen) atoms. The van der Waals surface area contributed by atoms with Crippen LogP contribution in [-0.2, 0) is 17.7 Å². The quantitative estimate of drug-likeness (QED) is 0.576. The average Bonchev–Trinajstić information content (AvgIpc) is 3.35. The van der Waals surface area contributed by atoms with Gasteiger partial charge in [0.2, 0.25) is 0 Å². The van der Waals surface area contributed by atoms with Gasteiger partial charge >= 0.3 is 0 Å². The van der Waals surface area contributed by atoms with Crippen molar-refractivity contribution in [2.75, 3.05) is 25.0 Å². The first-order chi connectivity index (χ1) is 14.2. The van der Waals surface area contributed by atoms with Gasteiger partial charge in [0.15, 0.2) is 5.13 Å². The summed E-state index contributed by atoms with van der Waals surface area (Å²) < 4.78 is 6.03. The standard InChI is InChI=1S/C21H28N6OS/c1-3-4-7-19-22-12-16(24-19)13-27-9-10-28-18(14-27)17-6-5-8-20(25-17)26-21-23-11-15(2)29-21/h5-6,8,11-12,18H,3-4,7,9-10,13-14H2,1-2H3,(H,22,24)(H,23,25,26). The van der Waals surface area contributed by atoms with Crippen molar-refractivity contribution in [3.8, 4) is 0 Å². The van der Waals surface area contributed by atoms with Crippen LogP contribution in [0.4, 0.5) is 10.9 Å². The molecule has 0 bridgehead atoms. The predicted molar refractivity (Wildman–Crippen MR) is 116 cm³/mol. The summed E-state index contributed by atoms with van der Waals surface area (Å²) in [5, 5.41) is 4.15. The Kier molecular flexibility index (Phi) is 6.53. The number of morpholine rings is 1. The molecule has 1 unspecified atom stereocenters. The third kappa shape index (κ3) is 5.41. The molecular weight excluding hydrogens is 384 g/mol. The molecule has 0 spiro atoms. The molecule has 1 atom stereocenters. The Balaban J connectivity index is 1.38. The van der Waals surface area contributed by atoms with Crippen LogP contribution in [0.15, 0.2) is 30.6 Å². The van der Waals surface area contributed by atoms with E-state index in [2.05, 4.69) is 32.1 Å². The molecule has 0 aliphatic carbocycles. The summed E-state index contributed by atoms with van der Waals surface area (Å²) in [6, 6.07) is 6.01. The minimum Gasteiger partial charge on any atom is -0.369 e. The molecule has 0 amide bonds. The molecule has 7 nitrogen and oxygen atoms in total. The van der Waals surface area contributed by atoms with E-state index in [9.17, 15) is 0 Å². The smallest absolute Gasteiger partial charge is 0.188 e. The summed E-state index contributed by atoms with van der Waals surface area (Å²) in [5.74, 6) is 1.89. The van der Waals surface area contributed by atoms with Gasteiger partial charge in [-0.2, -0.15) is 0 Å². The number of ether oxygens (including phenoxy) is 1. The SMILES string of the molecule is CCCCc1ncc(CN2CCOC(c3cccc(Nc4ncc(C)s4)n3)C2)[nH]1. The molecule has 4 rings (SSSR count). The van der Waals surface area contributed by atoms with E-state index in [1.807, 2.05) is 37.5 Å². The molecule has 1 aliphatic heterocycles. The Bertz CT molecular complexity index is 923. The fourth-order valence-corrected chi connectivity index (χ4v) is 4.12. The molecule has 1 saturated heterocycles. The molecule has 8 heteroatoms. The second kappa shape index (κ2) is 9.47. The maximum absolute atomic E-state index is 6.03. The van der Waals surface area contributed by atoms with Gasteiger partial charge in [0.1, 0.15) is 17.7 Å². The van der Waals surface area contributed by atoms with E-state index >= 15 is 0 Å². The zero-order valence-electron chi connectivity index (χ0n) is 17.0. The Morgan fingerprint density at radius 1 is 1.31 bits per heavy atom. The Morgan fingerprint density at radius 3 is 3.07 bits per heavy atom. The first-order valence-electron chi connectivity index (χ1n) is 10.2. The third-order valence-electron chi connectivity index (χ3n) is 4.95. The van der Waals surface area contributed by atoms with Crippen molar-refractivity contribution in [1.82, 2.24) is 24.8 Å². The summed E-state index contributed by atoms with van der Waals surface area (Å²) >= 11 is 1.62. The van der Waals surface area contributed by atoms with Gasteiger partial charge in [-0.05, 0) is 25.5 Å². The Hall–Kier alpha value is -2.29. The lowest BCUT2D eigenvalue weighted by Crippen LogP contribution is -2.38. The molecule has 2 N–H and O–H groups in total. The van der Waals surface area contributed by atoms with Gasteiger partial charge in [-0.25, -0.2) is 15.0 Å². The van der Waals surface area contributed by atoms with E-state index in [4.69, 9.17) is 9.72 Å². The summed E-state index contributed by atoms with van der Waals surface area (Å²) in [5.41, 5.74) is 2.11. The monoisotopic (exact) mass is 412 g/mol. The summed E-state index contributed by atoms with van der Waals surface area (Å²) in [4.78, 5) is 20.7. The van der Waals surface area contributed by atoms with Crippen molar-refractivity contribution in [2.45, 2.75) is 45.8 Å². The number of hydrogen-bond donors (Lipinski definition) is 2. The number of nitrogens with one attached hydrogen (secondary N) is 2. The van der Waals surface area contributed by atoms with Crippen LogP contribution in [-0.4, -0.2) is 44.5 Å². The van der Waals surface area contributed by atoms with Crippen molar-refractivity contribution in [2.24, 2.45) is 0 Å². The van der Waals surface area contributed by atoms with Crippen molar-refractivity contribution < 1.29 is 4.74 Å². The van der Waals surface area contributed by atoms with Crippen LogP contribution in [0.2, 0.25) is 0 Å². The zero-order valence-corrected chi connectivity index (χ0v) is 17.8. The molecule has 0 saturated carbocycles. The number of hydrogen-bond acceptors (Lipinski definition) is 7. The number of thiazole rings is 1. The number of nitrogens with zero attached hydrogens (tertiary/aromatic N) is 4. The first kappa shape index (κ1) is 20.0. The van der Waals surface area contributed by atoms with Gasteiger partial charge in [-0.3, -0.25) is 4.90 Å². The van der Waals surface area contributed by atoms with Crippen LogP contribution in [0.25, 0.3) is 0 Å². The fraction of sp³-hybridized carbons (Fsp3) is 0.476. The number of anilines is 2. The predicted octanol–water partition coefficient (Wildman–Crippen LogP) is 4.23. The van der Waals surface area contributed by atoms with Gasteiger partial charge in [-0.1, -0.05) is 19.4 Å². The van der Waals surface area contributed by atoms with Gasteiger partial charge in [0, 0.05) is 49.0 Å². The molecule has 154 valence electrons. The van der Waals surface area contributed by atoms with Gasteiger partial charge < -0.3 is 15.0 Å². The summed E-state index contributed by atoms with van der Waals surface area (Å²) in [7, 11) is 0. The highest BCUT2D eigenvalue weighted by Crippen LogP contribution is 2.25. The maximum atomic E-state index is 6.03. The zero-order chi connectivity index (χ0) is 20.1. The molecule has 0 radical (unpaired) electrons. The summed E-state index contributed by atoms with van der Waals surface area (Å²) in [6.07, 6.45) is 7.17. The van der Waals surface area contributed by atoms with E-state index in [1.165, 1.54) is 23.4 Å². The Morgan fingerprint density at radius 2 is 2.24 bits per heavy atom. The number of imidazole rings is 1. The highest BCUT2D eigenvalue weighted by Gasteiger charge is 2.24. The first-order valence-corrected chi connectivity index (χ1v) is 11.0. The number of rotatable bonds is 8. The third-order valence-corrected chi connectivity index (χ3v) is 5.78. The van der Waals surface area contributed by atoms with Crippen LogP contribution in [0.5, 0.6) is 0 Å². The summed E-state index contributed by atoms with van der Waals surface area (Å²) in [6.45, 7) is 7.53. The van der Waals surface area contributed by atoms with E-state index in [-0.39, 0.29) is 6.10 Å². The second-order valence-corrected chi connectivity index (χ2v) is 8.64. The minimum atomic E-state index is -0.0361. The minimum absolute atomic E-state index is 0.0361. The van der Waals surface area contributed by atoms with E-state index in [0.717, 1.165) is 48.5 Å². The van der Waals surface area contributed by atoms with E-state index in [0.29, 0.717) is 6.61 Å². The topological polar surface area (TPSA) is 79.0 Å². The number of aromatic nitrogens is 4. The molecule has 3 aromatic rings. The van der Waals surface area contributed by atoms with Crippen molar-refractivity contribution >= 4 is 22.3 Å². The van der Waals surface area contributed by atoms with Crippen molar-refractivity contribution in [3.63, 3.8) is 0 Å². The molecule has 0 aromatic carbocycles. The molecular formula is C21H28N6OS. The lowest BCUT2D eigenvalue weighted by atomic mass is 10.2. The largest absolute Gasteiger partial charge is 0.369 e. The highest BCUT2D eigenvalue weighted by molar-refractivity contribution is 7.15. The van der Waals surface area contributed by atoms with Crippen LogP contribution in [0, 0.1) is 6.92 Å². The molecule has 1 fully saturated rings. The van der Waals surface area contributed by atoms with Crippen molar-refractivity contribution in [3.05, 3.63) is 52.7 Å². The van der Waals surface area contributed by atoms with E-state index < -0.39 is 0 Å². The number of aryl methyl sites for hydroxylation is 2. The Labute approximate surface area is 175 Å². The normalized spacial score (nSPS) is 17.5. The lowest BCUT2D eigenvalue weighted by Gasteiger charge is -2.32. The maximum Gasteiger partial charge on any atom is 0.188 e. The van der Waals surface area contributed by atoms with Crippen molar-refractivity contribution in [1.29, 1.82) is 0 Å². The van der Waals surface area contributed by atoms with Gasteiger partial charge in [0.25, 0.3) is 0 Å². The molecule has 3 aromatic heterocycles.